The number of nitrogens with zero attached hydrogens (tertiary/aromatic N) is 1. The van der Waals surface area contributed by atoms with Crippen LogP contribution in [0.4, 0.5) is 0 Å². The first-order valence-corrected chi connectivity index (χ1v) is 6.52. The molecule has 8 heteroatoms. The molecule has 2 aromatic rings. The summed E-state index contributed by atoms with van der Waals surface area (Å²) in [4.78, 5) is 38.1. The van der Waals surface area contributed by atoms with Crippen LogP contribution in [0, 0.1) is 0 Å². The minimum Gasteiger partial charge on any atom is -0.483 e. The van der Waals surface area contributed by atoms with Crippen molar-refractivity contribution in [1.82, 2.24) is 15.8 Å². The first kappa shape index (κ1) is 16.0. The lowest BCUT2D eigenvalue weighted by molar-refractivity contribution is -0.123. The molecule has 0 atom stereocenters. The summed E-state index contributed by atoms with van der Waals surface area (Å²) in [5, 5.41) is 8.99. The van der Waals surface area contributed by atoms with Gasteiger partial charge in [0.05, 0.1) is 5.56 Å². The SMILES string of the molecule is O=C(COc1ccccc1C(=O)O)NNC(=O)c1cccnc1. The van der Waals surface area contributed by atoms with Crippen molar-refractivity contribution in [2.24, 2.45) is 0 Å². The topological polar surface area (TPSA) is 118 Å². The number of aromatic carboxylic acids is 1. The second-order valence-corrected chi connectivity index (χ2v) is 4.33. The number of hydrazine groups is 1. The molecule has 118 valence electrons. The van der Waals surface area contributed by atoms with Crippen molar-refractivity contribution in [3.05, 3.63) is 59.9 Å². The van der Waals surface area contributed by atoms with Crippen LogP contribution >= 0.6 is 0 Å². The molecule has 0 fully saturated rings. The summed E-state index contributed by atoms with van der Waals surface area (Å²) in [6.07, 6.45) is 2.87. The van der Waals surface area contributed by atoms with E-state index in [1.54, 1.807) is 18.2 Å². The van der Waals surface area contributed by atoms with Gasteiger partial charge in [0, 0.05) is 12.4 Å². The van der Waals surface area contributed by atoms with E-state index in [0.29, 0.717) is 0 Å². The largest absolute Gasteiger partial charge is 0.483 e. The fraction of sp³-hybridized carbons (Fsp3) is 0.0667. The van der Waals surface area contributed by atoms with Gasteiger partial charge in [-0.15, -0.1) is 0 Å². The molecule has 1 aromatic carbocycles. The minimum absolute atomic E-state index is 0.0558. The van der Waals surface area contributed by atoms with Crippen LogP contribution in [-0.2, 0) is 4.79 Å². The summed E-state index contributed by atoms with van der Waals surface area (Å²) in [7, 11) is 0. The van der Waals surface area contributed by atoms with E-state index >= 15 is 0 Å². The summed E-state index contributed by atoms with van der Waals surface area (Å²) >= 11 is 0. The number of amides is 2. The summed E-state index contributed by atoms with van der Waals surface area (Å²) < 4.78 is 5.14. The second-order valence-electron chi connectivity index (χ2n) is 4.33. The number of rotatable bonds is 5. The van der Waals surface area contributed by atoms with E-state index in [4.69, 9.17) is 9.84 Å². The third-order valence-corrected chi connectivity index (χ3v) is 2.72. The van der Waals surface area contributed by atoms with Crippen molar-refractivity contribution >= 4 is 17.8 Å². The number of pyridine rings is 1. The summed E-state index contributed by atoms with van der Waals surface area (Å²) in [6, 6.07) is 9.05. The van der Waals surface area contributed by atoms with Crippen LogP contribution in [0.3, 0.4) is 0 Å². The fourth-order valence-corrected chi connectivity index (χ4v) is 1.64. The lowest BCUT2D eigenvalue weighted by atomic mass is 10.2. The van der Waals surface area contributed by atoms with Crippen LogP contribution in [0.2, 0.25) is 0 Å². The molecule has 0 aliphatic heterocycles. The number of para-hydroxylation sites is 1. The highest BCUT2D eigenvalue weighted by Gasteiger charge is 2.12. The maximum Gasteiger partial charge on any atom is 0.339 e. The number of carboxylic acids is 1. The molecular formula is C15H13N3O5. The molecule has 2 rings (SSSR count). The number of hydrogen-bond acceptors (Lipinski definition) is 5. The van der Waals surface area contributed by atoms with Crippen LogP contribution in [0.15, 0.2) is 48.8 Å². The van der Waals surface area contributed by atoms with Gasteiger partial charge >= 0.3 is 5.97 Å². The molecule has 8 nitrogen and oxygen atoms in total. The smallest absolute Gasteiger partial charge is 0.339 e. The Labute approximate surface area is 131 Å². The van der Waals surface area contributed by atoms with Gasteiger partial charge < -0.3 is 9.84 Å². The third-order valence-electron chi connectivity index (χ3n) is 2.72. The Hall–Kier alpha value is -3.42. The molecule has 1 heterocycles. The lowest BCUT2D eigenvalue weighted by Gasteiger charge is -2.10. The zero-order valence-electron chi connectivity index (χ0n) is 11.9. The molecule has 23 heavy (non-hydrogen) atoms. The second kappa shape index (κ2) is 7.55. The van der Waals surface area contributed by atoms with Gasteiger partial charge in [0.2, 0.25) is 0 Å². The molecule has 0 spiro atoms. The maximum absolute atomic E-state index is 11.7. The Morgan fingerprint density at radius 2 is 1.87 bits per heavy atom. The molecule has 1 aromatic heterocycles. The van der Waals surface area contributed by atoms with Gasteiger partial charge in [0.1, 0.15) is 11.3 Å². The van der Waals surface area contributed by atoms with Crippen molar-refractivity contribution < 1.29 is 24.2 Å². The molecule has 3 N–H and O–H groups in total. The molecule has 0 radical (unpaired) electrons. The molecule has 0 saturated carbocycles. The average molecular weight is 315 g/mol. The lowest BCUT2D eigenvalue weighted by Crippen LogP contribution is -2.43. The summed E-state index contributed by atoms with van der Waals surface area (Å²) in [6.45, 7) is -0.447. The number of ether oxygens (including phenoxy) is 1. The van der Waals surface area contributed by atoms with E-state index in [2.05, 4.69) is 15.8 Å². The van der Waals surface area contributed by atoms with Gasteiger partial charge in [0.25, 0.3) is 11.8 Å². The molecule has 0 bridgehead atoms. The first-order chi connectivity index (χ1) is 11.1. The Balaban J connectivity index is 1.84. The van der Waals surface area contributed by atoms with Gasteiger partial charge in [-0.25, -0.2) is 4.79 Å². The zero-order valence-corrected chi connectivity index (χ0v) is 11.9. The van der Waals surface area contributed by atoms with E-state index < -0.39 is 24.4 Å². The van der Waals surface area contributed by atoms with E-state index in [9.17, 15) is 14.4 Å². The molecule has 0 unspecified atom stereocenters. The van der Waals surface area contributed by atoms with Gasteiger partial charge in [-0.05, 0) is 24.3 Å². The highest BCUT2D eigenvalue weighted by molar-refractivity contribution is 5.95. The predicted molar refractivity (Wildman–Crippen MR) is 78.7 cm³/mol. The zero-order chi connectivity index (χ0) is 16.7. The van der Waals surface area contributed by atoms with Crippen LogP contribution in [0.1, 0.15) is 20.7 Å². The monoisotopic (exact) mass is 315 g/mol. The van der Waals surface area contributed by atoms with Gasteiger partial charge in [-0.3, -0.25) is 25.4 Å². The number of carboxylic acid groups (broad SMARTS) is 1. The van der Waals surface area contributed by atoms with Crippen molar-refractivity contribution in [3.8, 4) is 5.75 Å². The normalized spacial score (nSPS) is 9.74. The molecule has 0 aliphatic rings. The van der Waals surface area contributed by atoms with Gasteiger partial charge in [-0.1, -0.05) is 12.1 Å². The highest BCUT2D eigenvalue weighted by Crippen LogP contribution is 2.17. The van der Waals surface area contributed by atoms with Crippen LogP contribution < -0.4 is 15.6 Å². The first-order valence-electron chi connectivity index (χ1n) is 6.52. The summed E-state index contributed by atoms with van der Waals surface area (Å²) in [5.41, 5.74) is 4.59. The Morgan fingerprint density at radius 3 is 2.57 bits per heavy atom. The van der Waals surface area contributed by atoms with E-state index in [1.807, 2.05) is 0 Å². The molecule has 0 saturated heterocycles. The van der Waals surface area contributed by atoms with Crippen molar-refractivity contribution in [2.75, 3.05) is 6.61 Å². The van der Waals surface area contributed by atoms with Gasteiger partial charge in [-0.2, -0.15) is 0 Å². The van der Waals surface area contributed by atoms with E-state index in [0.717, 1.165) is 0 Å². The number of nitrogens with one attached hydrogen (secondary N) is 2. The van der Waals surface area contributed by atoms with Gasteiger partial charge in [0.15, 0.2) is 6.61 Å². The van der Waals surface area contributed by atoms with Crippen molar-refractivity contribution in [3.63, 3.8) is 0 Å². The van der Waals surface area contributed by atoms with E-state index in [-0.39, 0.29) is 16.9 Å². The molecule has 0 aliphatic carbocycles. The predicted octanol–water partition coefficient (Wildman–Crippen LogP) is 0.620. The third kappa shape index (κ3) is 4.53. The Kier molecular flexibility index (Phi) is 5.24. The quantitative estimate of drug-likeness (QED) is 0.696. The van der Waals surface area contributed by atoms with Crippen molar-refractivity contribution in [2.45, 2.75) is 0 Å². The number of carbonyl (C=O) groups excluding carboxylic acids is 2. The molecular weight excluding hydrogens is 302 g/mol. The van der Waals surface area contributed by atoms with Crippen LogP contribution in [-0.4, -0.2) is 34.5 Å². The fourth-order valence-electron chi connectivity index (χ4n) is 1.64. The number of hydrogen-bond donors (Lipinski definition) is 3. The highest BCUT2D eigenvalue weighted by atomic mass is 16.5. The Morgan fingerprint density at radius 1 is 1.09 bits per heavy atom. The number of carbonyl (C=O) groups is 3. The van der Waals surface area contributed by atoms with Crippen molar-refractivity contribution in [1.29, 1.82) is 0 Å². The number of benzene rings is 1. The number of aromatic nitrogens is 1. The summed E-state index contributed by atoms with van der Waals surface area (Å²) in [5.74, 6) is -2.26. The van der Waals surface area contributed by atoms with E-state index in [1.165, 1.54) is 30.6 Å². The maximum atomic E-state index is 11.7. The molecule has 2 amide bonds. The minimum atomic E-state index is -1.16. The van der Waals surface area contributed by atoms with Crippen LogP contribution in [0.25, 0.3) is 0 Å². The Bertz CT molecular complexity index is 718. The van der Waals surface area contributed by atoms with Crippen LogP contribution in [0.5, 0.6) is 5.75 Å². The standard InChI is InChI=1S/C15H13N3O5/c19-13(17-18-14(20)10-4-3-7-16-8-10)9-23-12-6-2-1-5-11(12)15(21)22/h1-8H,9H2,(H,17,19)(H,18,20)(H,21,22). The average Bonchev–Trinajstić information content (AvgIpc) is 2.58.